The van der Waals surface area contributed by atoms with Crippen LogP contribution >= 0.6 is 0 Å². The van der Waals surface area contributed by atoms with Gasteiger partial charge in [0.05, 0.1) is 0 Å². The molecule has 0 bridgehead atoms. The number of hydrogen-bond acceptors (Lipinski definition) is 2. The van der Waals surface area contributed by atoms with Crippen molar-refractivity contribution >= 4 is 11.4 Å². The molecule has 4 nitrogen and oxygen atoms in total. The van der Waals surface area contributed by atoms with Gasteiger partial charge in [-0.05, 0) is 11.8 Å². The van der Waals surface area contributed by atoms with Crippen molar-refractivity contribution in [2.45, 2.75) is 38.8 Å². The summed E-state index contributed by atoms with van der Waals surface area (Å²) >= 11 is 0. The molecule has 0 saturated carbocycles. The molecule has 2 aromatic heterocycles. The summed E-state index contributed by atoms with van der Waals surface area (Å²) in [5.41, 5.74) is 12.9. The Morgan fingerprint density at radius 2 is 1.04 bits per heavy atom. The van der Waals surface area contributed by atoms with Gasteiger partial charge in [-0.1, -0.05) is 11.8 Å². The summed E-state index contributed by atoms with van der Waals surface area (Å²) in [5, 5.41) is 0. The van der Waals surface area contributed by atoms with Crippen molar-refractivity contribution in [1.29, 1.82) is 0 Å². The van der Waals surface area contributed by atoms with Crippen molar-refractivity contribution in [1.82, 2.24) is 0 Å². The SMILES string of the molecule is Nc1cc[n+](CCCC#CC#CCCC[n+]2ccc(N)cc2)cc1. The molecule has 0 aliphatic carbocycles. The molecule has 2 rings (SSSR count). The lowest BCUT2D eigenvalue weighted by molar-refractivity contribution is -0.697. The van der Waals surface area contributed by atoms with E-state index in [1.165, 1.54) is 0 Å². The number of rotatable bonds is 6. The van der Waals surface area contributed by atoms with Crippen molar-refractivity contribution in [3.05, 3.63) is 49.1 Å². The van der Waals surface area contributed by atoms with Crippen LogP contribution in [0.25, 0.3) is 0 Å². The van der Waals surface area contributed by atoms with Crippen molar-refractivity contribution in [3.8, 4) is 23.7 Å². The predicted molar refractivity (Wildman–Crippen MR) is 96.1 cm³/mol. The zero-order chi connectivity index (χ0) is 17.0. The number of aromatic nitrogens is 2. The summed E-state index contributed by atoms with van der Waals surface area (Å²) in [5.74, 6) is 12.0. The first kappa shape index (κ1) is 17.4. The number of aryl methyl sites for hydroxylation is 2. The molecule has 4 N–H and O–H groups in total. The largest absolute Gasteiger partial charge is 0.398 e. The number of hydrogen-bond donors (Lipinski definition) is 2. The molecule has 0 saturated heterocycles. The second-order valence-corrected chi connectivity index (χ2v) is 5.55. The molecule has 2 heterocycles. The van der Waals surface area contributed by atoms with E-state index in [0.717, 1.165) is 50.1 Å². The average Bonchev–Trinajstić information content (AvgIpc) is 2.60. The maximum Gasteiger partial charge on any atom is 0.170 e. The van der Waals surface area contributed by atoms with Crippen molar-refractivity contribution < 1.29 is 9.13 Å². The minimum atomic E-state index is 0.788. The van der Waals surface area contributed by atoms with Gasteiger partial charge in [0.25, 0.3) is 0 Å². The van der Waals surface area contributed by atoms with E-state index in [-0.39, 0.29) is 0 Å². The van der Waals surface area contributed by atoms with Gasteiger partial charge < -0.3 is 11.5 Å². The quantitative estimate of drug-likeness (QED) is 0.483. The van der Waals surface area contributed by atoms with Gasteiger partial charge in [-0.2, -0.15) is 0 Å². The molecular weight excluding hydrogens is 296 g/mol. The Bertz CT molecular complexity index is 673. The first-order valence-corrected chi connectivity index (χ1v) is 8.19. The minimum Gasteiger partial charge on any atom is -0.398 e. The van der Waals surface area contributed by atoms with Crippen LogP contribution in [0.4, 0.5) is 11.4 Å². The van der Waals surface area contributed by atoms with Crippen LogP contribution in [0.1, 0.15) is 25.7 Å². The number of nitrogens with zero attached hydrogens (tertiary/aromatic N) is 2. The van der Waals surface area contributed by atoms with E-state index in [1.807, 2.05) is 49.1 Å². The Morgan fingerprint density at radius 1 is 0.667 bits per heavy atom. The minimum absolute atomic E-state index is 0.788. The monoisotopic (exact) mass is 320 g/mol. The summed E-state index contributed by atoms with van der Waals surface area (Å²) in [4.78, 5) is 0. The average molecular weight is 320 g/mol. The molecule has 0 amide bonds. The highest BCUT2D eigenvalue weighted by Crippen LogP contribution is 1.95. The summed E-state index contributed by atoms with van der Waals surface area (Å²) in [6.45, 7) is 1.89. The van der Waals surface area contributed by atoms with Crippen LogP contribution in [-0.2, 0) is 13.1 Å². The number of anilines is 2. The van der Waals surface area contributed by atoms with Crippen LogP contribution < -0.4 is 20.6 Å². The molecule has 122 valence electrons. The van der Waals surface area contributed by atoms with Gasteiger partial charge in [0, 0.05) is 61.3 Å². The molecule has 0 aliphatic heterocycles. The molecule has 0 spiro atoms. The van der Waals surface area contributed by atoms with Gasteiger partial charge in [-0.15, -0.1) is 0 Å². The smallest absolute Gasteiger partial charge is 0.170 e. The molecule has 0 radical (unpaired) electrons. The summed E-state index contributed by atoms with van der Waals surface area (Å²) in [7, 11) is 0. The summed E-state index contributed by atoms with van der Waals surface area (Å²) in [6.07, 6.45) is 11.7. The molecule has 0 aliphatic rings. The first-order valence-electron chi connectivity index (χ1n) is 8.19. The van der Waals surface area contributed by atoms with Gasteiger partial charge >= 0.3 is 0 Å². The Hall–Kier alpha value is -2.98. The lowest BCUT2D eigenvalue weighted by Gasteiger charge is -1.94. The van der Waals surface area contributed by atoms with Crippen LogP contribution in [-0.4, -0.2) is 0 Å². The number of unbranched alkanes of at least 4 members (excludes halogenated alkanes) is 2. The highest BCUT2D eigenvalue weighted by atomic mass is 14.9. The van der Waals surface area contributed by atoms with E-state index in [1.54, 1.807) is 0 Å². The molecule has 0 atom stereocenters. The zero-order valence-corrected chi connectivity index (χ0v) is 13.9. The third kappa shape index (κ3) is 6.85. The van der Waals surface area contributed by atoms with E-state index < -0.39 is 0 Å². The van der Waals surface area contributed by atoms with Gasteiger partial charge in [0.2, 0.25) is 0 Å². The Morgan fingerprint density at radius 3 is 1.42 bits per heavy atom. The van der Waals surface area contributed by atoms with Crippen molar-refractivity contribution in [2.24, 2.45) is 0 Å². The fraction of sp³-hybridized carbons (Fsp3) is 0.300. The molecule has 0 fully saturated rings. The lowest BCUT2D eigenvalue weighted by Crippen LogP contribution is -2.32. The fourth-order valence-corrected chi connectivity index (χ4v) is 2.15. The van der Waals surface area contributed by atoms with Crippen LogP contribution in [0.3, 0.4) is 0 Å². The van der Waals surface area contributed by atoms with E-state index in [4.69, 9.17) is 11.5 Å². The normalized spacial score (nSPS) is 9.50. The second kappa shape index (κ2) is 9.92. The van der Waals surface area contributed by atoms with E-state index >= 15 is 0 Å². The Labute approximate surface area is 144 Å². The molecule has 2 aromatic rings. The van der Waals surface area contributed by atoms with Crippen LogP contribution in [0.15, 0.2) is 49.1 Å². The van der Waals surface area contributed by atoms with Crippen molar-refractivity contribution in [2.75, 3.05) is 11.5 Å². The van der Waals surface area contributed by atoms with E-state index in [2.05, 4.69) is 32.8 Å². The maximum absolute atomic E-state index is 5.65. The highest BCUT2D eigenvalue weighted by molar-refractivity contribution is 5.33. The number of nitrogen functional groups attached to an aromatic ring is 2. The Balaban J connectivity index is 1.57. The predicted octanol–water partition coefficient (Wildman–Crippen LogP) is 1.69. The maximum atomic E-state index is 5.65. The van der Waals surface area contributed by atoms with Crippen LogP contribution in [0.5, 0.6) is 0 Å². The van der Waals surface area contributed by atoms with Gasteiger partial charge in [0.1, 0.15) is 13.1 Å². The first-order chi connectivity index (χ1) is 11.7. The molecule has 4 heteroatoms. The zero-order valence-electron chi connectivity index (χ0n) is 13.9. The van der Waals surface area contributed by atoms with E-state index in [0.29, 0.717) is 0 Å². The number of pyridine rings is 2. The van der Waals surface area contributed by atoms with E-state index in [9.17, 15) is 0 Å². The number of nitrogens with two attached hydrogens (primary N) is 2. The standard InChI is InChI=1S/C20H22N4/c21-19-9-15-23(16-10-19)13-7-5-3-1-2-4-6-8-14-24-17-11-20(22)12-18-24/h9-12,15-18,21-22H,5-8,13-14H2/p+2. The third-order valence-corrected chi connectivity index (χ3v) is 3.51. The molecule has 0 aromatic carbocycles. The molecule has 0 unspecified atom stereocenters. The summed E-state index contributed by atoms with van der Waals surface area (Å²) in [6, 6.07) is 7.61. The van der Waals surface area contributed by atoms with Crippen molar-refractivity contribution in [3.63, 3.8) is 0 Å². The van der Waals surface area contributed by atoms with Gasteiger partial charge in [0.15, 0.2) is 24.8 Å². The fourth-order valence-electron chi connectivity index (χ4n) is 2.15. The third-order valence-electron chi connectivity index (χ3n) is 3.51. The molecule has 24 heavy (non-hydrogen) atoms. The highest BCUT2D eigenvalue weighted by Gasteiger charge is 1.98. The van der Waals surface area contributed by atoms with Gasteiger partial charge in [-0.3, -0.25) is 0 Å². The topological polar surface area (TPSA) is 59.8 Å². The van der Waals surface area contributed by atoms with Gasteiger partial charge in [-0.25, -0.2) is 9.13 Å². The summed E-state index contributed by atoms with van der Waals surface area (Å²) < 4.78 is 4.22. The second-order valence-electron chi connectivity index (χ2n) is 5.55. The Kier molecular flexibility index (Phi) is 7.18. The van der Waals surface area contributed by atoms with Crippen LogP contribution in [0, 0.1) is 23.7 Å². The molecular formula is C20H24N4+2. The van der Waals surface area contributed by atoms with Crippen LogP contribution in [0.2, 0.25) is 0 Å². The lowest BCUT2D eigenvalue weighted by atomic mass is 10.3.